The van der Waals surface area contributed by atoms with Crippen molar-refractivity contribution in [2.75, 3.05) is 6.61 Å². The van der Waals surface area contributed by atoms with Gasteiger partial charge < -0.3 is 10.1 Å². The van der Waals surface area contributed by atoms with E-state index in [1.54, 1.807) is 0 Å². The third-order valence-electron chi connectivity index (χ3n) is 3.68. The minimum Gasteiger partial charge on any atom is -0.491 e. The molecule has 0 radical (unpaired) electrons. The average Bonchev–Trinajstić information content (AvgIpc) is 2.55. The van der Waals surface area contributed by atoms with Crippen molar-refractivity contribution >= 4 is 35.6 Å². The van der Waals surface area contributed by atoms with E-state index in [4.69, 9.17) is 27.9 Å². The number of hydrogen-bond donors (Lipinski definition) is 1. The van der Waals surface area contributed by atoms with E-state index in [1.165, 1.54) is 5.56 Å². The van der Waals surface area contributed by atoms with Gasteiger partial charge in [-0.05, 0) is 36.6 Å². The standard InChI is InChI=1S/C19H23Cl2NO.ClH/c1-3-8-18(15-9-6-5-7-10-15)22-13-14-11-16(20)19(23-4-2)17(21)12-14;/h5-7,9-12,18,22H,3-4,8,13H2,1-2H3;1H. The fourth-order valence-electron chi connectivity index (χ4n) is 2.60. The molecule has 0 spiro atoms. The number of nitrogens with one attached hydrogen (secondary N) is 1. The van der Waals surface area contributed by atoms with Gasteiger partial charge in [0, 0.05) is 12.6 Å². The summed E-state index contributed by atoms with van der Waals surface area (Å²) in [5.74, 6) is 0.563. The summed E-state index contributed by atoms with van der Waals surface area (Å²) in [5, 5.41) is 4.72. The molecule has 2 rings (SSSR count). The molecule has 0 heterocycles. The van der Waals surface area contributed by atoms with Gasteiger partial charge >= 0.3 is 0 Å². The monoisotopic (exact) mass is 387 g/mol. The minimum absolute atomic E-state index is 0. The highest BCUT2D eigenvalue weighted by molar-refractivity contribution is 6.37. The molecule has 1 N–H and O–H groups in total. The Bertz CT molecular complexity index is 596. The molecule has 0 saturated heterocycles. The second-order valence-electron chi connectivity index (χ2n) is 5.45. The molecule has 2 aromatic carbocycles. The van der Waals surface area contributed by atoms with E-state index in [0.29, 0.717) is 35.0 Å². The Labute approximate surface area is 160 Å². The van der Waals surface area contributed by atoms with Crippen molar-refractivity contribution in [3.05, 3.63) is 63.6 Å². The molecule has 0 bridgehead atoms. The van der Waals surface area contributed by atoms with Crippen LogP contribution in [0.5, 0.6) is 5.75 Å². The van der Waals surface area contributed by atoms with Crippen LogP contribution in [0, 0.1) is 0 Å². The second kappa shape index (κ2) is 10.8. The summed E-state index contributed by atoms with van der Waals surface area (Å²) in [6.07, 6.45) is 2.21. The Hall–Kier alpha value is -0.930. The molecule has 132 valence electrons. The summed E-state index contributed by atoms with van der Waals surface area (Å²) >= 11 is 12.5. The van der Waals surface area contributed by atoms with Crippen LogP contribution in [-0.2, 0) is 6.54 Å². The highest BCUT2D eigenvalue weighted by Crippen LogP contribution is 2.34. The predicted molar refractivity (Wildman–Crippen MR) is 106 cm³/mol. The van der Waals surface area contributed by atoms with Gasteiger partial charge in [-0.2, -0.15) is 0 Å². The Balaban J connectivity index is 0.00000288. The zero-order valence-electron chi connectivity index (χ0n) is 14.0. The number of ether oxygens (including phenoxy) is 1. The van der Waals surface area contributed by atoms with Crippen molar-refractivity contribution in [3.8, 4) is 5.75 Å². The fraction of sp³-hybridized carbons (Fsp3) is 0.368. The molecular weight excluding hydrogens is 365 g/mol. The van der Waals surface area contributed by atoms with Crippen LogP contribution in [-0.4, -0.2) is 6.61 Å². The normalized spacial score (nSPS) is 11.7. The van der Waals surface area contributed by atoms with Gasteiger partial charge in [-0.25, -0.2) is 0 Å². The van der Waals surface area contributed by atoms with Crippen LogP contribution in [0.2, 0.25) is 10.0 Å². The van der Waals surface area contributed by atoms with E-state index >= 15 is 0 Å². The first kappa shape index (κ1) is 21.1. The van der Waals surface area contributed by atoms with Gasteiger partial charge in [0.2, 0.25) is 0 Å². The van der Waals surface area contributed by atoms with Crippen LogP contribution in [0.3, 0.4) is 0 Å². The average molecular weight is 389 g/mol. The number of benzene rings is 2. The molecule has 0 amide bonds. The molecule has 0 saturated carbocycles. The first-order valence-corrected chi connectivity index (χ1v) is 8.80. The van der Waals surface area contributed by atoms with Gasteiger partial charge in [-0.3, -0.25) is 0 Å². The lowest BCUT2D eigenvalue weighted by molar-refractivity contribution is 0.340. The Morgan fingerprint density at radius 3 is 2.21 bits per heavy atom. The maximum atomic E-state index is 6.27. The van der Waals surface area contributed by atoms with Gasteiger partial charge in [0.1, 0.15) is 0 Å². The molecule has 0 aliphatic rings. The van der Waals surface area contributed by atoms with E-state index in [-0.39, 0.29) is 12.4 Å². The van der Waals surface area contributed by atoms with Crippen LogP contribution >= 0.6 is 35.6 Å². The highest BCUT2D eigenvalue weighted by Gasteiger charge is 2.12. The molecule has 2 aromatic rings. The summed E-state index contributed by atoms with van der Waals surface area (Å²) in [6, 6.07) is 14.7. The third kappa shape index (κ3) is 5.86. The zero-order valence-corrected chi connectivity index (χ0v) is 16.3. The maximum Gasteiger partial charge on any atom is 0.156 e. The second-order valence-corrected chi connectivity index (χ2v) is 6.27. The molecule has 5 heteroatoms. The summed E-state index contributed by atoms with van der Waals surface area (Å²) in [7, 11) is 0. The first-order chi connectivity index (χ1) is 11.2. The lowest BCUT2D eigenvalue weighted by Crippen LogP contribution is -2.20. The van der Waals surface area contributed by atoms with Gasteiger partial charge in [0.05, 0.1) is 16.7 Å². The number of halogens is 3. The Morgan fingerprint density at radius 1 is 1.04 bits per heavy atom. The first-order valence-electron chi connectivity index (χ1n) is 8.04. The topological polar surface area (TPSA) is 21.3 Å². The third-order valence-corrected chi connectivity index (χ3v) is 4.24. The summed E-state index contributed by atoms with van der Waals surface area (Å²) in [4.78, 5) is 0. The van der Waals surface area contributed by atoms with E-state index in [1.807, 2.05) is 25.1 Å². The molecule has 1 atom stereocenters. The SMILES string of the molecule is CCCC(NCc1cc(Cl)c(OCC)c(Cl)c1)c1ccccc1.Cl. The van der Waals surface area contributed by atoms with E-state index in [2.05, 4.69) is 36.5 Å². The van der Waals surface area contributed by atoms with Crippen LogP contribution in [0.4, 0.5) is 0 Å². The molecule has 0 aromatic heterocycles. The van der Waals surface area contributed by atoms with E-state index in [0.717, 1.165) is 18.4 Å². The van der Waals surface area contributed by atoms with Gasteiger partial charge in [0.15, 0.2) is 5.75 Å². The summed E-state index contributed by atoms with van der Waals surface area (Å²) < 4.78 is 5.47. The minimum atomic E-state index is 0. The molecule has 0 aliphatic heterocycles. The molecule has 0 aliphatic carbocycles. The highest BCUT2D eigenvalue weighted by atomic mass is 35.5. The molecule has 2 nitrogen and oxygen atoms in total. The zero-order chi connectivity index (χ0) is 16.7. The largest absolute Gasteiger partial charge is 0.491 e. The van der Waals surface area contributed by atoms with Gasteiger partial charge in [0.25, 0.3) is 0 Å². The van der Waals surface area contributed by atoms with Crippen molar-refractivity contribution in [2.45, 2.75) is 39.3 Å². The summed E-state index contributed by atoms with van der Waals surface area (Å²) in [6.45, 7) is 5.37. The van der Waals surface area contributed by atoms with E-state index < -0.39 is 0 Å². The molecule has 24 heavy (non-hydrogen) atoms. The molecular formula is C19H24Cl3NO. The quantitative estimate of drug-likeness (QED) is 0.561. The number of hydrogen-bond acceptors (Lipinski definition) is 2. The van der Waals surface area contributed by atoms with Crippen LogP contribution in [0.25, 0.3) is 0 Å². The van der Waals surface area contributed by atoms with Crippen LogP contribution in [0.1, 0.15) is 43.9 Å². The smallest absolute Gasteiger partial charge is 0.156 e. The molecule has 1 unspecified atom stereocenters. The van der Waals surface area contributed by atoms with Gasteiger partial charge in [-0.1, -0.05) is 66.9 Å². The lowest BCUT2D eigenvalue weighted by atomic mass is 10.0. The van der Waals surface area contributed by atoms with Crippen molar-refractivity contribution in [1.82, 2.24) is 5.32 Å². The van der Waals surface area contributed by atoms with E-state index in [9.17, 15) is 0 Å². The van der Waals surface area contributed by atoms with Gasteiger partial charge in [-0.15, -0.1) is 12.4 Å². The number of rotatable bonds is 8. The Morgan fingerprint density at radius 2 is 1.67 bits per heavy atom. The predicted octanol–water partition coefficient (Wildman–Crippen LogP) is 6.44. The van der Waals surface area contributed by atoms with Crippen molar-refractivity contribution in [2.24, 2.45) is 0 Å². The Kier molecular flexibility index (Phi) is 9.53. The van der Waals surface area contributed by atoms with Crippen molar-refractivity contribution < 1.29 is 4.74 Å². The fourth-order valence-corrected chi connectivity index (χ4v) is 3.24. The van der Waals surface area contributed by atoms with Crippen molar-refractivity contribution in [1.29, 1.82) is 0 Å². The molecule has 0 fully saturated rings. The lowest BCUT2D eigenvalue weighted by Gasteiger charge is -2.19. The van der Waals surface area contributed by atoms with Crippen molar-refractivity contribution in [3.63, 3.8) is 0 Å². The maximum absolute atomic E-state index is 6.27. The summed E-state index contributed by atoms with van der Waals surface area (Å²) in [5.41, 5.74) is 2.36. The van der Waals surface area contributed by atoms with Crippen LogP contribution in [0.15, 0.2) is 42.5 Å². The van der Waals surface area contributed by atoms with Crippen LogP contribution < -0.4 is 10.1 Å².